The topological polar surface area (TPSA) is 108 Å². The van der Waals surface area contributed by atoms with Gasteiger partial charge in [0.25, 0.3) is 0 Å². The number of aliphatic carboxylic acids is 1. The van der Waals surface area contributed by atoms with E-state index in [9.17, 15) is 19.5 Å². The number of carboxylic acids is 1. The molecule has 0 aromatic carbocycles. The number of amides is 3. The standard InChI is InChI=1S/C14H23N3O4/c18-12-11(6-3-7-15-12)17-14(21)16-8-9-4-1-2-5-10(9)13(19)20/h9-11H,1-8H2,(H,15,18)(H,19,20)(H2,16,17,21). The van der Waals surface area contributed by atoms with Crippen molar-refractivity contribution in [1.29, 1.82) is 0 Å². The fraction of sp³-hybridized carbons (Fsp3) is 0.786. The number of rotatable bonds is 4. The molecule has 2 fully saturated rings. The highest BCUT2D eigenvalue weighted by atomic mass is 16.4. The molecule has 1 saturated carbocycles. The fourth-order valence-corrected chi connectivity index (χ4v) is 3.12. The van der Waals surface area contributed by atoms with E-state index in [4.69, 9.17) is 0 Å². The fourth-order valence-electron chi connectivity index (χ4n) is 3.12. The van der Waals surface area contributed by atoms with Crippen molar-refractivity contribution in [2.75, 3.05) is 13.1 Å². The SMILES string of the molecule is O=C(NCC1CCCCC1C(=O)O)NC1CCCNC1=O. The Kier molecular flexibility index (Phi) is 5.41. The molecule has 2 aliphatic rings. The predicted molar refractivity (Wildman–Crippen MR) is 75.6 cm³/mol. The molecule has 4 N–H and O–H groups in total. The summed E-state index contributed by atoms with van der Waals surface area (Å²) >= 11 is 0. The highest BCUT2D eigenvalue weighted by Gasteiger charge is 2.31. The molecule has 3 amide bonds. The van der Waals surface area contributed by atoms with Crippen LogP contribution in [0, 0.1) is 11.8 Å². The average molecular weight is 297 g/mol. The molecule has 3 atom stereocenters. The zero-order valence-electron chi connectivity index (χ0n) is 12.1. The Hall–Kier alpha value is -1.79. The lowest BCUT2D eigenvalue weighted by Crippen LogP contribution is -2.53. The Morgan fingerprint density at radius 2 is 1.95 bits per heavy atom. The number of carbonyl (C=O) groups is 3. The van der Waals surface area contributed by atoms with Gasteiger partial charge in [-0.1, -0.05) is 12.8 Å². The summed E-state index contributed by atoms with van der Waals surface area (Å²) in [7, 11) is 0. The van der Waals surface area contributed by atoms with E-state index in [-0.39, 0.29) is 17.7 Å². The van der Waals surface area contributed by atoms with E-state index in [1.807, 2.05) is 0 Å². The van der Waals surface area contributed by atoms with Gasteiger partial charge in [-0.15, -0.1) is 0 Å². The maximum atomic E-state index is 11.8. The minimum absolute atomic E-state index is 0.0258. The largest absolute Gasteiger partial charge is 0.481 e. The molecule has 1 heterocycles. The van der Waals surface area contributed by atoms with Gasteiger partial charge in [0.15, 0.2) is 0 Å². The number of urea groups is 1. The second-order valence-corrected chi connectivity index (χ2v) is 5.83. The van der Waals surface area contributed by atoms with Crippen LogP contribution in [0.2, 0.25) is 0 Å². The summed E-state index contributed by atoms with van der Waals surface area (Å²) in [6.45, 7) is 0.998. The second kappa shape index (κ2) is 7.28. The van der Waals surface area contributed by atoms with Crippen molar-refractivity contribution in [3.8, 4) is 0 Å². The Morgan fingerprint density at radius 3 is 2.67 bits per heavy atom. The lowest BCUT2D eigenvalue weighted by atomic mass is 9.79. The molecule has 1 aliphatic carbocycles. The Balaban J connectivity index is 1.77. The van der Waals surface area contributed by atoms with Crippen LogP contribution in [0.25, 0.3) is 0 Å². The minimum Gasteiger partial charge on any atom is -0.481 e. The third-order valence-electron chi connectivity index (χ3n) is 4.34. The highest BCUT2D eigenvalue weighted by Crippen LogP contribution is 2.29. The number of carbonyl (C=O) groups excluding carboxylic acids is 2. The van der Waals surface area contributed by atoms with Crippen molar-refractivity contribution in [2.24, 2.45) is 11.8 Å². The molecule has 0 spiro atoms. The van der Waals surface area contributed by atoms with E-state index in [1.54, 1.807) is 0 Å². The van der Waals surface area contributed by atoms with Gasteiger partial charge >= 0.3 is 12.0 Å². The molecule has 0 aromatic rings. The summed E-state index contributed by atoms with van der Waals surface area (Å²) in [4.78, 5) is 34.6. The van der Waals surface area contributed by atoms with E-state index >= 15 is 0 Å². The van der Waals surface area contributed by atoms with Crippen LogP contribution < -0.4 is 16.0 Å². The Labute approximate surface area is 123 Å². The van der Waals surface area contributed by atoms with Crippen LogP contribution in [-0.4, -0.2) is 42.1 Å². The molecule has 0 radical (unpaired) electrons. The summed E-state index contributed by atoms with van der Waals surface area (Å²) in [5.41, 5.74) is 0. The Morgan fingerprint density at radius 1 is 1.19 bits per heavy atom. The molecule has 0 aromatic heterocycles. The average Bonchev–Trinajstić information content (AvgIpc) is 2.48. The lowest BCUT2D eigenvalue weighted by molar-refractivity contribution is -0.144. The van der Waals surface area contributed by atoms with Gasteiger partial charge in [-0.3, -0.25) is 9.59 Å². The lowest BCUT2D eigenvalue weighted by Gasteiger charge is -2.29. The number of hydrogen-bond acceptors (Lipinski definition) is 3. The van der Waals surface area contributed by atoms with Crippen LogP contribution >= 0.6 is 0 Å². The van der Waals surface area contributed by atoms with Gasteiger partial charge in [0, 0.05) is 13.1 Å². The van der Waals surface area contributed by atoms with Crippen molar-refractivity contribution in [3.63, 3.8) is 0 Å². The van der Waals surface area contributed by atoms with Crippen LogP contribution in [-0.2, 0) is 9.59 Å². The maximum absolute atomic E-state index is 11.8. The molecular formula is C14H23N3O4. The van der Waals surface area contributed by atoms with Crippen molar-refractivity contribution in [1.82, 2.24) is 16.0 Å². The van der Waals surface area contributed by atoms with Crippen molar-refractivity contribution >= 4 is 17.9 Å². The smallest absolute Gasteiger partial charge is 0.315 e. The monoisotopic (exact) mass is 297 g/mol. The molecule has 0 bridgehead atoms. The molecule has 21 heavy (non-hydrogen) atoms. The van der Waals surface area contributed by atoms with E-state index in [2.05, 4.69) is 16.0 Å². The normalized spacial score (nSPS) is 29.3. The first-order valence-electron chi connectivity index (χ1n) is 7.63. The zero-order valence-corrected chi connectivity index (χ0v) is 12.1. The first-order valence-corrected chi connectivity index (χ1v) is 7.63. The highest BCUT2D eigenvalue weighted by molar-refractivity contribution is 5.87. The van der Waals surface area contributed by atoms with Crippen LogP contribution in [0.5, 0.6) is 0 Å². The molecule has 118 valence electrons. The number of nitrogens with one attached hydrogen (secondary N) is 3. The van der Waals surface area contributed by atoms with Gasteiger partial charge in [0.2, 0.25) is 5.91 Å². The second-order valence-electron chi connectivity index (χ2n) is 5.83. The zero-order chi connectivity index (χ0) is 15.2. The van der Waals surface area contributed by atoms with Crippen molar-refractivity contribution < 1.29 is 19.5 Å². The summed E-state index contributed by atoms with van der Waals surface area (Å²) < 4.78 is 0. The van der Waals surface area contributed by atoms with E-state index in [0.717, 1.165) is 25.7 Å². The summed E-state index contributed by atoms with van der Waals surface area (Å²) in [5, 5.41) is 17.2. The molecule has 1 saturated heterocycles. The number of carboxylic acid groups (broad SMARTS) is 1. The van der Waals surface area contributed by atoms with Gasteiger partial charge in [0.05, 0.1) is 5.92 Å². The maximum Gasteiger partial charge on any atom is 0.315 e. The van der Waals surface area contributed by atoms with E-state index in [0.29, 0.717) is 25.9 Å². The third kappa shape index (κ3) is 4.34. The number of hydrogen-bond donors (Lipinski definition) is 4. The van der Waals surface area contributed by atoms with Gasteiger partial charge in [-0.05, 0) is 31.6 Å². The summed E-state index contributed by atoms with van der Waals surface area (Å²) in [5.74, 6) is -1.34. The molecule has 7 heteroatoms. The molecule has 2 rings (SSSR count). The van der Waals surface area contributed by atoms with Crippen LogP contribution in [0.4, 0.5) is 4.79 Å². The summed E-state index contributed by atoms with van der Waals surface area (Å²) in [6, 6.07) is -0.882. The van der Waals surface area contributed by atoms with Gasteiger partial charge < -0.3 is 21.1 Å². The van der Waals surface area contributed by atoms with E-state index in [1.165, 1.54) is 0 Å². The van der Waals surface area contributed by atoms with Crippen LogP contribution in [0.1, 0.15) is 38.5 Å². The first-order chi connectivity index (χ1) is 10.1. The third-order valence-corrected chi connectivity index (χ3v) is 4.34. The van der Waals surface area contributed by atoms with Gasteiger partial charge in [-0.2, -0.15) is 0 Å². The van der Waals surface area contributed by atoms with Gasteiger partial charge in [-0.25, -0.2) is 4.79 Å². The minimum atomic E-state index is -0.784. The first kappa shape index (κ1) is 15.6. The van der Waals surface area contributed by atoms with Crippen LogP contribution in [0.3, 0.4) is 0 Å². The molecule has 3 unspecified atom stereocenters. The molecule has 7 nitrogen and oxygen atoms in total. The molecular weight excluding hydrogens is 274 g/mol. The van der Waals surface area contributed by atoms with Crippen molar-refractivity contribution in [2.45, 2.75) is 44.6 Å². The van der Waals surface area contributed by atoms with Crippen molar-refractivity contribution in [3.05, 3.63) is 0 Å². The van der Waals surface area contributed by atoms with Crippen LogP contribution in [0.15, 0.2) is 0 Å². The molecule has 1 aliphatic heterocycles. The van der Waals surface area contributed by atoms with E-state index < -0.39 is 18.0 Å². The van der Waals surface area contributed by atoms with Gasteiger partial charge in [0.1, 0.15) is 6.04 Å². The predicted octanol–water partition coefficient (Wildman–Crippen LogP) is 0.455. The number of piperidine rings is 1. The quantitative estimate of drug-likeness (QED) is 0.604. The summed E-state index contributed by atoms with van der Waals surface area (Å²) in [6.07, 6.45) is 4.92. The Bertz CT molecular complexity index is 413.